The van der Waals surface area contributed by atoms with Crippen LogP contribution in [0.1, 0.15) is 28.4 Å². The number of nitrogens with zero attached hydrogens (tertiary/aromatic N) is 4. The van der Waals surface area contributed by atoms with Crippen LogP contribution in [0.2, 0.25) is 0 Å². The average Bonchev–Trinajstić information content (AvgIpc) is 3.48. The van der Waals surface area contributed by atoms with Gasteiger partial charge in [-0.3, -0.25) is 4.79 Å². The van der Waals surface area contributed by atoms with E-state index in [0.29, 0.717) is 25.5 Å². The van der Waals surface area contributed by atoms with Crippen molar-refractivity contribution < 1.29 is 13.9 Å². The van der Waals surface area contributed by atoms with Crippen molar-refractivity contribution in [2.24, 2.45) is 0 Å². The molecule has 7 heteroatoms. The smallest absolute Gasteiger partial charge is 0.289 e. The number of anilines is 1. The second-order valence-electron chi connectivity index (χ2n) is 7.67. The molecule has 29 heavy (non-hydrogen) atoms. The van der Waals surface area contributed by atoms with E-state index < -0.39 is 0 Å². The Bertz CT molecular complexity index is 1060. The van der Waals surface area contributed by atoms with Gasteiger partial charge < -0.3 is 23.5 Å². The van der Waals surface area contributed by atoms with E-state index in [-0.39, 0.29) is 11.4 Å². The molecule has 0 unspecified atom stereocenters. The quantitative estimate of drug-likeness (QED) is 0.683. The first kappa shape index (κ1) is 18.0. The number of carbonyl (C=O) groups excluding carboxylic acids is 1. The van der Waals surface area contributed by atoms with Crippen molar-refractivity contribution in [2.75, 3.05) is 38.3 Å². The summed E-state index contributed by atoms with van der Waals surface area (Å²) in [5.41, 5.74) is 1.90. The Labute approximate surface area is 169 Å². The van der Waals surface area contributed by atoms with Crippen LogP contribution in [0.4, 0.5) is 5.69 Å². The molecule has 1 saturated heterocycles. The molecule has 0 aliphatic carbocycles. The van der Waals surface area contributed by atoms with E-state index in [2.05, 4.69) is 38.8 Å². The van der Waals surface area contributed by atoms with Gasteiger partial charge in [-0.25, -0.2) is 4.98 Å². The number of hydrogen-bond donors (Lipinski definition) is 0. The molecule has 3 aromatic rings. The van der Waals surface area contributed by atoms with Crippen LogP contribution >= 0.6 is 0 Å². The summed E-state index contributed by atoms with van der Waals surface area (Å²) in [6.45, 7) is 4.44. The van der Waals surface area contributed by atoms with Gasteiger partial charge in [0.15, 0.2) is 11.6 Å². The first-order chi connectivity index (χ1) is 14.1. The number of pyridine rings is 1. The number of fused-ring (bicyclic) bond motifs is 4. The average molecular weight is 392 g/mol. The third kappa shape index (κ3) is 2.68. The minimum Gasteiger partial charge on any atom is -0.456 e. The number of carbonyl (C=O) groups is 1. The van der Waals surface area contributed by atoms with Gasteiger partial charge in [-0.15, -0.1) is 0 Å². The molecule has 5 heterocycles. The van der Waals surface area contributed by atoms with Crippen LogP contribution in [0.3, 0.4) is 0 Å². The number of likely N-dealkylation sites (tertiary alicyclic amines) is 1. The van der Waals surface area contributed by atoms with Crippen LogP contribution < -0.4 is 4.90 Å². The fourth-order valence-corrected chi connectivity index (χ4v) is 4.72. The molecule has 0 radical (unpaired) electrons. The van der Waals surface area contributed by atoms with E-state index in [1.54, 1.807) is 13.2 Å². The first-order valence-electron chi connectivity index (χ1n) is 9.89. The van der Waals surface area contributed by atoms with Crippen LogP contribution in [0.5, 0.6) is 0 Å². The standard InChI is InChI=1S/C22H24N4O3/c1-16-7-8-18(29-16)21(27)24-12-9-22(15-24)19-6-4-11-25(19)20-17(5-3-10-23-20)26(22)13-14-28-2/h3-8,10-11H,9,12-15H2,1-2H3/t22-/m0/s1. The highest BCUT2D eigenvalue weighted by atomic mass is 16.5. The van der Waals surface area contributed by atoms with E-state index in [1.165, 1.54) is 0 Å². The van der Waals surface area contributed by atoms with Crippen LogP contribution in [0.25, 0.3) is 5.82 Å². The Hall–Kier alpha value is -3.06. The summed E-state index contributed by atoms with van der Waals surface area (Å²) in [6.07, 6.45) is 4.70. The summed E-state index contributed by atoms with van der Waals surface area (Å²) < 4.78 is 13.2. The normalized spacial score (nSPS) is 20.2. The van der Waals surface area contributed by atoms with E-state index in [0.717, 1.165) is 35.9 Å². The maximum atomic E-state index is 13.1. The van der Waals surface area contributed by atoms with Gasteiger partial charge in [-0.2, -0.15) is 0 Å². The number of rotatable bonds is 4. The van der Waals surface area contributed by atoms with Crippen LogP contribution in [-0.2, 0) is 10.3 Å². The zero-order chi connectivity index (χ0) is 20.0. The molecule has 1 spiro atoms. The van der Waals surface area contributed by atoms with Crippen LogP contribution in [-0.4, -0.2) is 53.7 Å². The molecule has 2 aliphatic rings. The molecule has 3 aromatic heterocycles. The lowest BCUT2D eigenvalue weighted by molar-refractivity contribution is 0.0748. The summed E-state index contributed by atoms with van der Waals surface area (Å²) in [4.78, 5) is 22.0. The van der Waals surface area contributed by atoms with Gasteiger partial charge in [0.1, 0.15) is 11.3 Å². The second kappa shape index (κ2) is 6.77. The van der Waals surface area contributed by atoms with Gasteiger partial charge in [-0.05, 0) is 49.7 Å². The number of aromatic nitrogens is 2. The zero-order valence-corrected chi connectivity index (χ0v) is 16.7. The fraction of sp³-hybridized carbons (Fsp3) is 0.364. The third-order valence-corrected chi connectivity index (χ3v) is 6.03. The maximum Gasteiger partial charge on any atom is 0.289 e. The predicted octanol–water partition coefficient (Wildman–Crippen LogP) is 2.98. The summed E-state index contributed by atoms with van der Waals surface area (Å²) in [6, 6.07) is 11.8. The summed E-state index contributed by atoms with van der Waals surface area (Å²) in [5, 5.41) is 0. The molecule has 0 saturated carbocycles. The van der Waals surface area contributed by atoms with E-state index >= 15 is 0 Å². The highest BCUT2D eigenvalue weighted by Gasteiger charge is 2.51. The summed E-state index contributed by atoms with van der Waals surface area (Å²) in [7, 11) is 1.72. The van der Waals surface area contributed by atoms with Crippen molar-refractivity contribution >= 4 is 11.6 Å². The van der Waals surface area contributed by atoms with E-state index in [1.807, 2.05) is 30.2 Å². The fourth-order valence-electron chi connectivity index (χ4n) is 4.72. The topological polar surface area (TPSA) is 63.7 Å². The largest absolute Gasteiger partial charge is 0.456 e. The highest BCUT2D eigenvalue weighted by molar-refractivity contribution is 5.92. The molecular weight excluding hydrogens is 368 g/mol. The van der Waals surface area contributed by atoms with Gasteiger partial charge in [0, 0.05) is 32.6 Å². The van der Waals surface area contributed by atoms with Gasteiger partial charge in [0.05, 0.1) is 24.5 Å². The van der Waals surface area contributed by atoms with Crippen molar-refractivity contribution in [2.45, 2.75) is 18.9 Å². The summed E-state index contributed by atoms with van der Waals surface area (Å²) >= 11 is 0. The number of amides is 1. The second-order valence-corrected chi connectivity index (χ2v) is 7.67. The predicted molar refractivity (Wildman–Crippen MR) is 108 cm³/mol. The molecule has 1 atom stereocenters. The number of furan rings is 1. The number of hydrogen-bond acceptors (Lipinski definition) is 5. The highest BCUT2D eigenvalue weighted by Crippen LogP contribution is 2.47. The van der Waals surface area contributed by atoms with Crippen molar-refractivity contribution in [1.29, 1.82) is 0 Å². The SMILES string of the molecule is COCCN1c2cccnc2-n2cccc2[C@@]12CCN(C(=O)c1ccc(C)o1)C2. The lowest BCUT2D eigenvalue weighted by Crippen LogP contribution is -2.53. The molecule has 0 N–H and O–H groups in total. The molecule has 7 nitrogen and oxygen atoms in total. The van der Waals surface area contributed by atoms with E-state index in [9.17, 15) is 4.79 Å². The minimum atomic E-state index is -0.324. The lowest BCUT2D eigenvalue weighted by Gasteiger charge is -2.47. The lowest BCUT2D eigenvalue weighted by atomic mass is 9.89. The number of ether oxygens (including phenoxy) is 1. The molecule has 0 aromatic carbocycles. The molecule has 1 amide bonds. The van der Waals surface area contributed by atoms with Crippen molar-refractivity contribution in [3.8, 4) is 5.82 Å². The Morgan fingerprint density at radius 1 is 1.28 bits per heavy atom. The molecular formula is C22H24N4O3. The molecule has 150 valence electrons. The Morgan fingerprint density at radius 2 is 2.17 bits per heavy atom. The van der Waals surface area contributed by atoms with Gasteiger partial charge in [-0.1, -0.05) is 0 Å². The molecule has 5 rings (SSSR count). The van der Waals surface area contributed by atoms with Crippen molar-refractivity contribution in [1.82, 2.24) is 14.5 Å². The van der Waals surface area contributed by atoms with Gasteiger partial charge in [0.2, 0.25) is 0 Å². The van der Waals surface area contributed by atoms with E-state index in [4.69, 9.17) is 9.15 Å². The molecule has 1 fully saturated rings. The molecule has 2 aliphatic heterocycles. The Balaban J connectivity index is 1.56. The molecule has 0 bridgehead atoms. The zero-order valence-electron chi connectivity index (χ0n) is 16.7. The van der Waals surface area contributed by atoms with Gasteiger partial charge in [0.25, 0.3) is 5.91 Å². The van der Waals surface area contributed by atoms with Crippen LogP contribution in [0, 0.1) is 6.92 Å². The minimum absolute atomic E-state index is 0.0586. The van der Waals surface area contributed by atoms with Gasteiger partial charge >= 0.3 is 0 Å². The monoisotopic (exact) mass is 392 g/mol. The van der Waals surface area contributed by atoms with Crippen molar-refractivity contribution in [3.63, 3.8) is 0 Å². The third-order valence-electron chi connectivity index (χ3n) is 6.03. The van der Waals surface area contributed by atoms with Crippen molar-refractivity contribution in [3.05, 3.63) is 66.0 Å². The van der Waals surface area contributed by atoms with Crippen LogP contribution in [0.15, 0.2) is 53.2 Å². The maximum absolute atomic E-state index is 13.1. The Kier molecular flexibility index (Phi) is 4.20. The number of aryl methyl sites for hydroxylation is 1. The first-order valence-corrected chi connectivity index (χ1v) is 9.89. The Morgan fingerprint density at radius 3 is 2.97 bits per heavy atom. The summed E-state index contributed by atoms with van der Waals surface area (Å²) in [5.74, 6) is 2.00. The number of methoxy groups -OCH3 is 1.